The smallest absolute Gasteiger partial charge is 0.473 e. The van der Waals surface area contributed by atoms with Gasteiger partial charge in [-0.15, -0.1) is 0 Å². The van der Waals surface area contributed by atoms with Gasteiger partial charge in [-0.2, -0.15) is 35.4 Å². The first-order chi connectivity index (χ1) is 18.7. The summed E-state index contributed by atoms with van der Waals surface area (Å²) in [5, 5.41) is 12.7. The maximum Gasteiger partial charge on any atom is 2.00 e. The molecule has 0 spiro atoms. The standard InChI is InChI=1S/C25H23N2O7.C5H5.Fe/c1-16(15-26-20-5-3-4-6-20)27(34-25(32)24(30)31)23(29)19-11-8-18(9-12-19)10-13-21(28)22-14-7-17(2)33-22;1-2-4-5-3-1;/h3-14,16,26H,15H2,1-2H3,(H,30,31);1-5H;/q2*-1;+2/b13-10+;;. The van der Waals surface area contributed by atoms with Gasteiger partial charge in [-0.05, 0) is 49.8 Å². The van der Waals surface area contributed by atoms with Crippen molar-refractivity contribution in [3.63, 3.8) is 0 Å². The van der Waals surface area contributed by atoms with Gasteiger partial charge in [-0.3, -0.25) is 9.59 Å². The number of carboxylic acids is 1. The fourth-order valence-electron chi connectivity index (χ4n) is 3.31. The number of nitrogens with one attached hydrogen (secondary N) is 1. The second kappa shape index (κ2) is 15.7. The predicted octanol–water partition coefficient (Wildman–Crippen LogP) is 5.09. The number of carbonyl (C=O) groups excluding carboxylic acids is 3. The molecular formula is C30H28FeN2O7. The molecule has 0 aliphatic heterocycles. The van der Waals surface area contributed by atoms with Crippen molar-refractivity contribution in [2.24, 2.45) is 0 Å². The third-order valence-corrected chi connectivity index (χ3v) is 5.34. The molecule has 0 saturated carbocycles. The van der Waals surface area contributed by atoms with Crippen LogP contribution in [0.15, 0.2) is 101 Å². The van der Waals surface area contributed by atoms with Crippen LogP contribution in [-0.4, -0.2) is 46.4 Å². The van der Waals surface area contributed by atoms with Crippen LogP contribution < -0.4 is 5.32 Å². The number of ketones is 1. The van der Waals surface area contributed by atoms with Crippen molar-refractivity contribution in [2.75, 3.05) is 11.9 Å². The van der Waals surface area contributed by atoms with Gasteiger partial charge in [0.1, 0.15) is 5.76 Å². The summed E-state index contributed by atoms with van der Waals surface area (Å²) < 4.78 is 5.29. The monoisotopic (exact) mass is 584 g/mol. The molecular weight excluding hydrogens is 556 g/mol. The van der Waals surface area contributed by atoms with Crippen LogP contribution in [-0.2, 0) is 31.5 Å². The summed E-state index contributed by atoms with van der Waals surface area (Å²) in [4.78, 5) is 52.6. The summed E-state index contributed by atoms with van der Waals surface area (Å²) in [5.74, 6) is -3.52. The molecule has 208 valence electrons. The molecule has 1 amide bonds. The zero-order valence-electron chi connectivity index (χ0n) is 21.8. The van der Waals surface area contributed by atoms with E-state index in [0.29, 0.717) is 11.3 Å². The minimum atomic E-state index is -1.81. The largest absolute Gasteiger partial charge is 2.00 e. The van der Waals surface area contributed by atoms with Crippen molar-refractivity contribution >= 4 is 35.4 Å². The Hall–Kier alpha value is -4.66. The summed E-state index contributed by atoms with van der Waals surface area (Å²) in [6.45, 7) is 3.56. The van der Waals surface area contributed by atoms with Gasteiger partial charge >= 0.3 is 29.0 Å². The zero-order chi connectivity index (χ0) is 28.2. The van der Waals surface area contributed by atoms with Crippen molar-refractivity contribution in [1.29, 1.82) is 0 Å². The maximum absolute atomic E-state index is 13.0. The van der Waals surface area contributed by atoms with E-state index in [0.717, 1.165) is 10.8 Å². The summed E-state index contributed by atoms with van der Waals surface area (Å²) in [6.07, 6.45) is 2.93. The van der Waals surface area contributed by atoms with Crippen LogP contribution in [0.1, 0.15) is 39.2 Å². The molecule has 40 heavy (non-hydrogen) atoms. The molecule has 4 rings (SSSR count). The number of hydroxylamine groups is 2. The fourth-order valence-corrected chi connectivity index (χ4v) is 3.31. The van der Waals surface area contributed by atoms with Gasteiger partial charge in [0.05, 0.1) is 6.04 Å². The Morgan fingerprint density at radius 1 is 1.05 bits per heavy atom. The van der Waals surface area contributed by atoms with E-state index < -0.39 is 23.9 Å². The summed E-state index contributed by atoms with van der Waals surface area (Å²) in [5.41, 5.74) is 1.62. The topological polar surface area (TPSA) is 126 Å². The third kappa shape index (κ3) is 9.58. The van der Waals surface area contributed by atoms with Gasteiger partial charge in [-0.1, -0.05) is 23.9 Å². The van der Waals surface area contributed by atoms with Crippen LogP contribution in [0.2, 0.25) is 0 Å². The molecule has 0 aliphatic carbocycles. The van der Waals surface area contributed by atoms with Crippen LogP contribution in [0.25, 0.3) is 6.08 Å². The van der Waals surface area contributed by atoms with Gasteiger partial charge in [-0.25, -0.2) is 33.9 Å². The van der Waals surface area contributed by atoms with Crippen LogP contribution in [0.5, 0.6) is 0 Å². The molecule has 3 aromatic carbocycles. The molecule has 4 aromatic rings. The molecule has 2 N–H and O–H groups in total. The average molecular weight is 584 g/mol. The Morgan fingerprint density at radius 3 is 2.23 bits per heavy atom. The summed E-state index contributed by atoms with van der Waals surface area (Å²) in [6, 6.07) is 26.1. The number of aliphatic carboxylic acids is 1. The Kier molecular flexibility index (Phi) is 12.4. The summed E-state index contributed by atoms with van der Waals surface area (Å²) in [7, 11) is 0. The van der Waals surface area contributed by atoms with Gasteiger partial charge in [0.2, 0.25) is 5.78 Å². The van der Waals surface area contributed by atoms with Crippen molar-refractivity contribution in [1.82, 2.24) is 5.06 Å². The molecule has 1 atom stereocenters. The quantitative estimate of drug-likeness (QED) is 0.0733. The molecule has 0 radical (unpaired) electrons. The van der Waals surface area contributed by atoms with E-state index >= 15 is 0 Å². The Morgan fingerprint density at radius 2 is 1.70 bits per heavy atom. The SMILES string of the molecule is Cc1ccc(C(=O)/C=C/c2ccc(C(=O)N(OC(=O)C(=O)O)C(C)CN[c-]3cccc3)cc2)o1.[Fe+2].c1cc[cH-]c1. The average Bonchev–Trinajstić information content (AvgIpc) is 3.73. The molecule has 1 aromatic heterocycles. The third-order valence-electron chi connectivity index (χ3n) is 5.34. The molecule has 0 aliphatic rings. The molecule has 10 heteroatoms. The number of nitrogens with zero attached hydrogens (tertiary/aromatic N) is 1. The van der Waals surface area contributed by atoms with E-state index in [1.165, 1.54) is 18.2 Å². The number of allylic oxidation sites excluding steroid dienone is 1. The van der Waals surface area contributed by atoms with Crippen molar-refractivity contribution in [3.8, 4) is 0 Å². The van der Waals surface area contributed by atoms with Crippen LogP contribution in [0, 0.1) is 6.92 Å². The van der Waals surface area contributed by atoms with Gasteiger partial charge < -0.3 is 19.7 Å². The number of amides is 1. The molecule has 0 saturated heterocycles. The Balaban J connectivity index is 0.000000840. The zero-order valence-corrected chi connectivity index (χ0v) is 22.9. The second-order valence-electron chi connectivity index (χ2n) is 8.41. The number of carbonyl (C=O) groups is 4. The molecule has 9 nitrogen and oxygen atoms in total. The number of furan rings is 1. The van der Waals surface area contributed by atoms with Crippen molar-refractivity contribution in [2.45, 2.75) is 19.9 Å². The number of hydrogen-bond donors (Lipinski definition) is 2. The Bertz CT molecular complexity index is 1370. The summed E-state index contributed by atoms with van der Waals surface area (Å²) >= 11 is 0. The maximum atomic E-state index is 13.0. The van der Waals surface area contributed by atoms with E-state index in [4.69, 9.17) is 14.4 Å². The first-order valence-corrected chi connectivity index (χ1v) is 12.0. The Labute approximate surface area is 242 Å². The fraction of sp³-hybridized carbons (Fsp3) is 0.133. The molecule has 0 bridgehead atoms. The van der Waals surface area contributed by atoms with Gasteiger partial charge in [0.25, 0.3) is 5.91 Å². The van der Waals surface area contributed by atoms with Crippen LogP contribution in [0.3, 0.4) is 0 Å². The predicted molar refractivity (Wildman–Crippen MR) is 145 cm³/mol. The van der Waals surface area contributed by atoms with Crippen molar-refractivity contribution < 1.29 is 50.6 Å². The minimum Gasteiger partial charge on any atom is -0.473 e. The van der Waals surface area contributed by atoms with E-state index in [-0.39, 0.29) is 40.7 Å². The number of carboxylic acid groups (broad SMARTS) is 1. The van der Waals surface area contributed by atoms with Crippen LogP contribution >= 0.6 is 0 Å². The van der Waals surface area contributed by atoms with Gasteiger partial charge in [0.15, 0.2) is 5.76 Å². The first-order valence-electron chi connectivity index (χ1n) is 12.0. The number of hydrogen-bond acceptors (Lipinski definition) is 7. The molecule has 1 unspecified atom stereocenters. The van der Waals surface area contributed by atoms with E-state index in [9.17, 15) is 19.2 Å². The second-order valence-corrected chi connectivity index (χ2v) is 8.41. The first kappa shape index (κ1) is 31.6. The van der Waals surface area contributed by atoms with Crippen LogP contribution in [0.4, 0.5) is 5.69 Å². The number of benzene rings is 1. The van der Waals surface area contributed by atoms with E-state index in [2.05, 4.69) is 5.32 Å². The number of rotatable bonds is 8. The number of aryl methyl sites for hydroxylation is 1. The van der Waals surface area contributed by atoms with E-state index in [1.54, 1.807) is 44.2 Å². The van der Waals surface area contributed by atoms with E-state index in [1.807, 2.05) is 54.6 Å². The van der Waals surface area contributed by atoms with Gasteiger partial charge in [0, 0.05) is 12.1 Å². The molecule has 0 fully saturated rings. The normalized spacial score (nSPS) is 10.9. The molecule has 1 heterocycles. The van der Waals surface area contributed by atoms with Crippen molar-refractivity contribution in [3.05, 3.63) is 120 Å². The minimum absolute atomic E-state index is 0. The number of anilines is 1.